The number of aromatic carboxylic acids is 1. The fraction of sp³-hybridized carbons (Fsp3) is 0. The van der Waals surface area contributed by atoms with Crippen LogP contribution in [-0.4, -0.2) is 21.9 Å². The van der Waals surface area contributed by atoms with Crippen LogP contribution in [0.15, 0.2) is 60.7 Å². The van der Waals surface area contributed by atoms with E-state index < -0.39 is 28.4 Å². The predicted octanol–water partition coefficient (Wildman–Crippen LogP) is 4.49. The average molecular weight is 398 g/mol. The molecule has 0 aliphatic carbocycles. The summed E-state index contributed by atoms with van der Waals surface area (Å²) < 4.78 is 27.2. The number of carbonyl (C=O) groups is 2. The van der Waals surface area contributed by atoms with Gasteiger partial charge < -0.3 is 10.4 Å². The Morgan fingerprint density at radius 2 is 1.66 bits per heavy atom. The molecule has 0 saturated carbocycles. The lowest BCUT2D eigenvalue weighted by atomic mass is 10.0. The molecule has 3 rings (SSSR count). The van der Waals surface area contributed by atoms with E-state index in [0.29, 0.717) is 6.07 Å². The van der Waals surface area contributed by atoms with Crippen LogP contribution in [0.5, 0.6) is 0 Å². The summed E-state index contributed by atoms with van der Waals surface area (Å²) >= 11 is 0. The lowest BCUT2D eigenvalue weighted by Gasteiger charge is -2.12. The molecular formula is C20H12F2N2O5. The maximum atomic E-state index is 14.1. The molecule has 0 unspecified atom stereocenters. The van der Waals surface area contributed by atoms with Crippen LogP contribution in [0, 0.1) is 21.7 Å². The van der Waals surface area contributed by atoms with Crippen molar-refractivity contribution in [2.75, 3.05) is 5.32 Å². The third kappa shape index (κ3) is 4.24. The maximum absolute atomic E-state index is 14.1. The maximum Gasteiger partial charge on any atom is 0.337 e. The van der Waals surface area contributed by atoms with E-state index in [9.17, 15) is 33.6 Å². The molecule has 146 valence electrons. The number of amides is 1. The van der Waals surface area contributed by atoms with Gasteiger partial charge in [0.25, 0.3) is 11.6 Å². The first-order valence-corrected chi connectivity index (χ1v) is 8.15. The van der Waals surface area contributed by atoms with Crippen LogP contribution in [0.1, 0.15) is 20.7 Å². The van der Waals surface area contributed by atoms with Crippen LogP contribution in [0.2, 0.25) is 0 Å². The molecule has 0 heterocycles. The molecule has 3 aromatic rings. The van der Waals surface area contributed by atoms with Crippen molar-refractivity contribution in [3.63, 3.8) is 0 Å². The van der Waals surface area contributed by atoms with E-state index in [1.165, 1.54) is 36.4 Å². The summed E-state index contributed by atoms with van der Waals surface area (Å²) in [7, 11) is 0. The summed E-state index contributed by atoms with van der Waals surface area (Å²) in [5.74, 6) is -3.64. The first kappa shape index (κ1) is 19.6. The van der Waals surface area contributed by atoms with Gasteiger partial charge in [0.05, 0.1) is 16.2 Å². The van der Waals surface area contributed by atoms with E-state index in [-0.39, 0.29) is 33.6 Å². The largest absolute Gasteiger partial charge is 0.478 e. The van der Waals surface area contributed by atoms with Gasteiger partial charge in [-0.3, -0.25) is 14.9 Å². The van der Waals surface area contributed by atoms with Crippen molar-refractivity contribution in [1.82, 2.24) is 0 Å². The van der Waals surface area contributed by atoms with Crippen molar-refractivity contribution in [3.05, 3.63) is 93.5 Å². The Kier molecular flexibility index (Phi) is 5.31. The van der Waals surface area contributed by atoms with Crippen LogP contribution in [0.25, 0.3) is 11.1 Å². The SMILES string of the molecule is O=C(Nc1cc(-c2ccc(F)cc2F)ccc1C(=O)O)c1ccc([N+](=O)[O-])cc1. The Bertz CT molecular complexity index is 1130. The van der Waals surface area contributed by atoms with Crippen LogP contribution in [-0.2, 0) is 0 Å². The molecule has 0 fully saturated rings. The zero-order chi connectivity index (χ0) is 21.1. The zero-order valence-electron chi connectivity index (χ0n) is 14.6. The molecule has 3 aromatic carbocycles. The Hall–Kier alpha value is -4.14. The van der Waals surface area contributed by atoms with Gasteiger partial charge in [-0.05, 0) is 42.0 Å². The first-order valence-electron chi connectivity index (χ1n) is 8.15. The molecule has 7 nitrogen and oxygen atoms in total. The quantitative estimate of drug-likeness (QED) is 0.486. The fourth-order valence-corrected chi connectivity index (χ4v) is 2.65. The number of benzene rings is 3. The van der Waals surface area contributed by atoms with Crippen molar-refractivity contribution >= 4 is 23.3 Å². The van der Waals surface area contributed by atoms with Gasteiger partial charge in [-0.15, -0.1) is 0 Å². The number of rotatable bonds is 5. The van der Waals surface area contributed by atoms with E-state index in [0.717, 1.165) is 18.2 Å². The fourth-order valence-electron chi connectivity index (χ4n) is 2.65. The van der Waals surface area contributed by atoms with Gasteiger partial charge in [0.1, 0.15) is 11.6 Å². The first-order chi connectivity index (χ1) is 13.8. The second-order valence-corrected chi connectivity index (χ2v) is 5.95. The van der Waals surface area contributed by atoms with Crippen molar-refractivity contribution < 1.29 is 28.4 Å². The number of anilines is 1. The van der Waals surface area contributed by atoms with Gasteiger partial charge in [0.15, 0.2) is 0 Å². The number of nitro groups is 1. The molecule has 0 radical (unpaired) electrons. The molecule has 0 aliphatic heterocycles. The number of carboxylic acids is 1. The second-order valence-electron chi connectivity index (χ2n) is 5.95. The summed E-state index contributed by atoms with van der Waals surface area (Å²) in [6, 6.07) is 11.4. The van der Waals surface area contributed by atoms with Gasteiger partial charge in [0.2, 0.25) is 0 Å². The summed E-state index contributed by atoms with van der Waals surface area (Å²) in [4.78, 5) is 34.0. The Balaban J connectivity index is 1.97. The second kappa shape index (κ2) is 7.85. The lowest BCUT2D eigenvalue weighted by molar-refractivity contribution is -0.384. The smallest absolute Gasteiger partial charge is 0.337 e. The van der Waals surface area contributed by atoms with Gasteiger partial charge in [-0.2, -0.15) is 0 Å². The van der Waals surface area contributed by atoms with Gasteiger partial charge >= 0.3 is 5.97 Å². The highest BCUT2D eigenvalue weighted by atomic mass is 19.1. The minimum Gasteiger partial charge on any atom is -0.478 e. The summed E-state index contributed by atoms with van der Waals surface area (Å²) in [6.45, 7) is 0. The number of nitro benzene ring substituents is 1. The molecule has 0 saturated heterocycles. The molecule has 0 atom stereocenters. The standard InChI is InChI=1S/C20H12F2N2O5/c21-13-4-8-15(17(22)10-13)12-3-7-16(20(26)27)18(9-12)23-19(25)11-1-5-14(6-2-11)24(28)29/h1-10H,(H,23,25)(H,26,27). The highest BCUT2D eigenvalue weighted by molar-refractivity contribution is 6.08. The van der Waals surface area contributed by atoms with Gasteiger partial charge in [-0.25, -0.2) is 13.6 Å². The van der Waals surface area contributed by atoms with Crippen LogP contribution in [0.4, 0.5) is 20.2 Å². The molecule has 29 heavy (non-hydrogen) atoms. The predicted molar refractivity (Wildman–Crippen MR) is 99.8 cm³/mol. The zero-order valence-corrected chi connectivity index (χ0v) is 14.6. The van der Waals surface area contributed by atoms with Crippen LogP contribution in [0.3, 0.4) is 0 Å². The Morgan fingerprint density at radius 1 is 0.966 bits per heavy atom. The van der Waals surface area contributed by atoms with E-state index in [1.807, 2.05) is 0 Å². The molecule has 0 aliphatic rings. The third-order valence-electron chi connectivity index (χ3n) is 4.08. The van der Waals surface area contributed by atoms with E-state index in [2.05, 4.69) is 5.32 Å². The number of nitrogens with zero attached hydrogens (tertiary/aromatic N) is 1. The number of hydrogen-bond donors (Lipinski definition) is 2. The van der Waals surface area contributed by atoms with Crippen molar-refractivity contribution in [2.24, 2.45) is 0 Å². The molecule has 0 spiro atoms. The Morgan fingerprint density at radius 3 is 2.24 bits per heavy atom. The highest BCUT2D eigenvalue weighted by Gasteiger charge is 2.17. The monoisotopic (exact) mass is 398 g/mol. The number of carboxylic acid groups (broad SMARTS) is 1. The van der Waals surface area contributed by atoms with Crippen LogP contribution >= 0.6 is 0 Å². The minimum absolute atomic E-state index is 0.0224. The minimum atomic E-state index is -1.32. The molecule has 2 N–H and O–H groups in total. The molecular weight excluding hydrogens is 386 g/mol. The molecule has 0 bridgehead atoms. The molecule has 1 amide bonds. The van der Waals surface area contributed by atoms with Crippen molar-refractivity contribution in [1.29, 1.82) is 0 Å². The lowest BCUT2D eigenvalue weighted by Crippen LogP contribution is -2.15. The van der Waals surface area contributed by atoms with Gasteiger partial charge in [-0.1, -0.05) is 6.07 Å². The Labute approximate surface area is 162 Å². The van der Waals surface area contributed by atoms with Crippen molar-refractivity contribution in [2.45, 2.75) is 0 Å². The number of carbonyl (C=O) groups excluding carboxylic acids is 1. The average Bonchev–Trinajstić information content (AvgIpc) is 2.67. The van der Waals surface area contributed by atoms with Crippen molar-refractivity contribution in [3.8, 4) is 11.1 Å². The van der Waals surface area contributed by atoms with Crippen LogP contribution < -0.4 is 5.32 Å². The number of hydrogen-bond acceptors (Lipinski definition) is 4. The third-order valence-corrected chi connectivity index (χ3v) is 4.08. The molecule has 0 aromatic heterocycles. The summed E-state index contributed by atoms with van der Waals surface area (Å²) in [6.07, 6.45) is 0. The normalized spacial score (nSPS) is 10.4. The van der Waals surface area contributed by atoms with E-state index in [4.69, 9.17) is 0 Å². The highest BCUT2D eigenvalue weighted by Crippen LogP contribution is 2.29. The summed E-state index contributed by atoms with van der Waals surface area (Å²) in [5, 5.41) is 22.5. The van der Waals surface area contributed by atoms with E-state index in [1.54, 1.807) is 0 Å². The van der Waals surface area contributed by atoms with E-state index >= 15 is 0 Å². The number of nitrogens with one attached hydrogen (secondary N) is 1. The molecule has 9 heteroatoms. The number of halogens is 2. The summed E-state index contributed by atoms with van der Waals surface area (Å²) in [5.41, 5.74) is -0.249. The number of non-ortho nitro benzene ring substituents is 1. The van der Waals surface area contributed by atoms with Gasteiger partial charge in [0, 0.05) is 29.3 Å². The topological polar surface area (TPSA) is 110 Å².